The van der Waals surface area contributed by atoms with Crippen molar-refractivity contribution in [1.82, 2.24) is 14.8 Å². The molecule has 1 aromatic heterocycles. The van der Waals surface area contributed by atoms with Gasteiger partial charge >= 0.3 is 6.18 Å². The molecule has 0 bridgehead atoms. The van der Waals surface area contributed by atoms with Crippen molar-refractivity contribution in [3.63, 3.8) is 0 Å². The van der Waals surface area contributed by atoms with Crippen molar-refractivity contribution < 1.29 is 50.6 Å². The number of ketones is 2. The first-order valence-corrected chi connectivity index (χ1v) is 27.0. The Labute approximate surface area is 450 Å². The van der Waals surface area contributed by atoms with Gasteiger partial charge in [-0.15, -0.1) is 0 Å². The summed E-state index contributed by atoms with van der Waals surface area (Å²) < 4.78 is 78.4. The third-order valence-corrected chi connectivity index (χ3v) is 19.1. The minimum atomic E-state index is -4.86. The Hall–Kier alpha value is -6.56. The lowest BCUT2D eigenvalue weighted by Gasteiger charge is -2.57. The predicted octanol–water partition coefficient (Wildman–Crippen LogP) is 9.85. The summed E-state index contributed by atoms with van der Waals surface area (Å²) in [5, 5.41) is 55.9. The maximum atomic E-state index is 13.0. The number of aliphatic hydroxyl groups is 2. The second-order valence-electron chi connectivity index (χ2n) is 22.7. The summed E-state index contributed by atoms with van der Waals surface area (Å²) in [6.07, 6.45) is 6.52. The lowest BCUT2D eigenvalue weighted by Crippen LogP contribution is -2.56. The molecule has 5 aliphatic carbocycles. The number of Topliss-reactive ketones (excluding diaryl/α,β-unsaturated/α-hetero) is 1. The fraction of sp³-hybridized carbons (Fsp3) is 0.474. The number of halogens is 5. The van der Waals surface area contributed by atoms with Crippen LogP contribution < -0.4 is 5.32 Å². The first-order valence-electron chi connectivity index (χ1n) is 25.0. The summed E-state index contributed by atoms with van der Waals surface area (Å²) >= 11 is 6.73. The van der Waals surface area contributed by atoms with Gasteiger partial charge in [-0.05, 0) is 168 Å². The Morgan fingerprint density at radius 3 is 2.06 bits per heavy atom. The van der Waals surface area contributed by atoms with E-state index in [9.17, 15) is 61.1 Å². The standard InChI is InChI=1S/C22H27ClO3.C18H14F4N2O4S.C17H19N5/c1-11(24)22(26)7-5-14-12-9-18(23)17-10-19(25)13-8-16(13)21(17,3)15(12)4-6-20(14,22)2;1-17(26,10-29(27,28)14-6-3-12(19)4-7-14)16(25)24-13-5-2-11(9-23)15(8-13)18(20,21)22;1-16(2,9-18)14-5-13(8-22-12-20-11-21-22)6-15(7-14)17(3,4)10-19/h9-10,12-16,26H,4-8H2,1-3H3;2-8,26H,10H2,1H3,(H,24,25);5-7,11-12H,8H2,1-4H3/t12-,13+,14-,15-,16-,20-,21-,22-;;/m0../s1. The summed E-state index contributed by atoms with van der Waals surface area (Å²) in [6, 6.07) is 18.0. The van der Waals surface area contributed by atoms with E-state index >= 15 is 0 Å². The maximum absolute atomic E-state index is 13.0. The molecule has 5 aliphatic rings. The molecule has 3 aromatic carbocycles. The number of rotatable bonds is 10. The Bertz CT molecular complexity index is 3280. The Kier molecular flexibility index (Phi) is 15.6. The number of carbonyl (C=O) groups is 3. The van der Waals surface area contributed by atoms with E-state index in [-0.39, 0.29) is 50.7 Å². The second kappa shape index (κ2) is 20.7. The van der Waals surface area contributed by atoms with E-state index in [4.69, 9.17) is 16.9 Å². The number of allylic oxidation sites excluding steroid dienone is 4. The molecule has 406 valence electrons. The largest absolute Gasteiger partial charge is 0.417 e. The van der Waals surface area contributed by atoms with E-state index < -0.39 is 66.6 Å². The molecule has 77 heavy (non-hydrogen) atoms. The number of fused-ring (bicyclic) bond motifs is 7. The summed E-state index contributed by atoms with van der Waals surface area (Å²) in [6.45, 7) is 14.9. The topological polar surface area (TPSA) is 240 Å². The van der Waals surface area contributed by atoms with Crippen LogP contribution >= 0.6 is 11.6 Å². The number of sulfone groups is 1. The summed E-state index contributed by atoms with van der Waals surface area (Å²) in [4.78, 5) is 40.5. The molecule has 1 amide bonds. The van der Waals surface area contributed by atoms with Crippen LogP contribution in [-0.4, -0.2) is 67.8 Å². The number of alkyl halides is 3. The highest BCUT2D eigenvalue weighted by molar-refractivity contribution is 7.91. The molecule has 0 spiro atoms. The molecule has 0 radical (unpaired) electrons. The van der Waals surface area contributed by atoms with Crippen molar-refractivity contribution >= 4 is 44.6 Å². The van der Waals surface area contributed by atoms with Crippen molar-refractivity contribution in [1.29, 1.82) is 15.8 Å². The van der Waals surface area contributed by atoms with E-state index in [1.54, 1.807) is 11.0 Å². The Balaban J connectivity index is 0.000000169. The number of hydrogen-bond donors (Lipinski definition) is 3. The number of hydrogen-bond acceptors (Lipinski definition) is 12. The lowest BCUT2D eigenvalue weighted by atomic mass is 9.47. The molecule has 3 fully saturated rings. The highest BCUT2D eigenvalue weighted by atomic mass is 35.5. The van der Waals surface area contributed by atoms with E-state index in [1.807, 2.05) is 57.3 Å². The third kappa shape index (κ3) is 11.1. The number of anilines is 1. The smallest absolute Gasteiger partial charge is 0.382 e. The monoisotopic (exact) mass is 1100 g/mol. The molecular weight excluding hydrogens is 1040 g/mol. The fourth-order valence-electron chi connectivity index (χ4n) is 12.1. The number of carbonyl (C=O) groups excluding carboxylic acids is 3. The Morgan fingerprint density at radius 1 is 0.909 bits per heavy atom. The van der Waals surface area contributed by atoms with Gasteiger partial charge in [0.1, 0.15) is 24.1 Å². The number of nitrogens with one attached hydrogen (secondary N) is 1. The Morgan fingerprint density at radius 2 is 1.52 bits per heavy atom. The third-order valence-electron chi connectivity index (χ3n) is 16.9. The van der Waals surface area contributed by atoms with Crippen LogP contribution in [0.3, 0.4) is 0 Å². The number of nitrogens with zero attached hydrogens (tertiary/aromatic N) is 6. The van der Waals surface area contributed by atoms with Gasteiger partial charge in [-0.25, -0.2) is 22.5 Å². The molecule has 0 saturated heterocycles. The van der Waals surface area contributed by atoms with Crippen molar-refractivity contribution in [3.8, 4) is 18.2 Å². The van der Waals surface area contributed by atoms with Gasteiger partial charge in [0, 0.05) is 27.5 Å². The van der Waals surface area contributed by atoms with Crippen molar-refractivity contribution in [2.75, 3.05) is 11.1 Å². The van der Waals surface area contributed by atoms with Crippen LogP contribution in [0.2, 0.25) is 0 Å². The molecule has 1 heterocycles. The molecule has 14 nitrogen and oxygen atoms in total. The zero-order valence-corrected chi connectivity index (χ0v) is 45.4. The number of nitriles is 3. The quantitative estimate of drug-likeness (QED) is 0.0993. The zero-order chi connectivity index (χ0) is 57.1. The van der Waals surface area contributed by atoms with Gasteiger partial charge < -0.3 is 15.5 Å². The maximum Gasteiger partial charge on any atom is 0.417 e. The minimum Gasteiger partial charge on any atom is -0.382 e. The molecule has 9 atom stereocenters. The van der Waals surface area contributed by atoms with Crippen LogP contribution in [0.4, 0.5) is 23.2 Å². The highest BCUT2D eigenvalue weighted by Gasteiger charge is 2.69. The van der Waals surface area contributed by atoms with Gasteiger partial charge in [0.25, 0.3) is 5.91 Å². The summed E-state index contributed by atoms with van der Waals surface area (Å²) in [7, 11) is -4.21. The van der Waals surface area contributed by atoms with Crippen molar-refractivity contribution in [2.24, 2.45) is 40.4 Å². The first kappa shape index (κ1) is 58.1. The van der Waals surface area contributed by atoms with Gasteiger partial charge in [0.2, 0.25) is 0 Å². The molecule has 1 unspecified atom stereocenters. The highest BCUT2D eigenvalue weighted by Crippen LogP contribution is 2.72. The van der Waals surface area contributed by atoms with Gasteiger partial charge in [0.05, 0.1) is 57.4 Å². The van der Waals surface area contributed by atoms with Crippen molar-refractivity contribution in [2.45, 2.75) is 127 Å². The number of benzene rings is 3. The zero-order valence-electron chi connectivity index (χ0n) is 43.8. The predicted molar refractivity (Wildman–Crippen MR) is 276 cm³/mol. The average Bonchev–Trinajstić information content (AvgIpc) is 4.21. The van der Waals surface area contributed by atoms with Crippen LogP contribution in [0.5, 0.6) is 0 Å². The second-order valence-corrected chi connectivity index (χ2v) is 25.1. The van der Waals surface area contributed by atoms with Gasteiger partial charge in [-0.3, -0.25) is 14.4 Å². The van der Waals surface area contributed by atoms with Crippen LogP contribution in [-0.2, 0) is 47.8 Å². The number of amides is 1. The molecule has 4 aromatic rings. The van der Waals surface area contributed by atoms with Gasteiger partial charge in [0.15, 0.2) is 27.0 Å². The van der Waals surface area contributed by atoms with Gasteiger partial charge in [-0.1, -0.05) is 49.7 Å². The molecule has 3 N–H and O–H groups in total. The van der Waals surface area contributed by atoms with E-state index in [1.165, 1.54) is 19.3 Å². The van der Waals surface area contributed by atoms with Crippen LogP contribution in [0.25, 0.3) is 0 Å². The molecule has 9 rings (SSSR count). The van der Waals surface area contributed by atoms with E-state index in [0.29, 0.717) is 30.9 Å². The minimum absolute atomic E-state index is 0.0344. The number of aromatic nitrogens is 3. The van der Waals surface area contributed by atoms with E-state index in [2.05, 4.69) is 42.1 Å². The van der Waals surface area contributed by atoms with Crippen LogP contribution in [0.1, 0.15) is 115 Å². The van der Waals surface area contributed by atoms with E-state index in [0.717, 1.165) is 96.3 Å². The van der Waals surface area contributed by atoms with Gasteiger partial charge in [-0.2, -0.15) is 34.1 Å². The normalized spacial score (nSPS) is 27.0. The lowest BCUT2D eigenvalue weighted by molar-refractivity contribution is -0.157. The summed E-state index contributed by atoms with van der Waals surface area (Å²) in [5.74, 6) is -1.28. The molecule has 3 saturated carbocycles. The average molecular weight is 1100 g/mol. The molecule has 20 heteroatoms. The van der Waals surface area contributed by atoms with Crippen LogP contribution in [0.15, 0.2) is 101 Å². The summed E-state index contributed by atoms with van der Waals surface area (Å²) in [5.41, 5.74) is -3.83. The SMILES string of the molecule is CC(=O)[C@@]1(O)CC[C@H]2[C@@H]3C=C(Cl)C4=CC(=O)[C@@H]5C[C@@H]5[C@]4(C)[C@H]3CC[C@@]21C.CC(C)(C#N)c1cc(Cn2cncn2)cc(C(C)(C)C#N)c1.CC(O)(CS(=O)(=O)c1ccc(F)cc1)C(=O)Nc1ccc(C#N)c(C(F)(F)F)c1. The molecular formula is C57H60ClF4N7O7S. The first-order chi connectivity index (χ1) is 35.7. The van der Waals surface area contributed by atoms with Crippen LogP contribution in [0, 0.1) is 80.2 Å². The fourth-order valence-corrected chi connectivity index (χ4v) is 14.1. The molecule has 0 aliphatic heterocycles. The van der Waals surface area contributed by atoms with Crippen molar-refractivity contribution in [3.05, 3.63) is 130 Å².